The zero-order valence-corrected chi connectivity index (χ0v) is 16.7. The lowest BCUT2D eigenvalue weighted by molar-refractivity contribution is -0.135. The molecular formula is C20H29N3O5. The molecule has 154 valence electrons. The average molecular weight is 391 g/mol. The third kappa shape index (κ3) is 4.92. The van der Waals surface area contributed by atoms with E-state index in [0.717, 1.165) is 19.3 Å². The monoisotopic (exact) mass is 391 g/mol. The van der Waals surface area contributed by atoms with Crippen LogP contribution in [0.1, 0.15) is 36.0 Å². The van der Waals surface area contributed by atoms with Gasteiger partial charge in [-0.2, -0.15) is 4.98 Å². The Balaban J connectivity index is 1.57. The van der Waals surface area contributed by atoms with Gasteiger partial charge in [-0.1, -0.05) is 0 Å². The van der Waals surface area contributed by atoms with Gasteiger partial charge in [0.25, 0.3) is 5.91 Å². The topological polar surface area (TPSA) is 81.2 Å². The van der Waals surface area contributed by atoms with E-state index in [1.807, 2.05) is 9.80 Å². The van der Waals surface area contributed by atoms with E-state index < -0.39 is 0 Å². The molecule has 1 atom stereocenters. The van der Waals surface area contributed by atoms with Crippen LogP contribution in [-0.2, 0) is 9.53 Å². The fraction of sp³-hybridized carbons (Fsp3) is 0.650. The number of rotatable bonds is 6. The summed E-state index contributed by atoms with van der Waals surface area (Å²) >= 11 is 0. The summed E-state index contributed by atoms with van der Waals surface area (Å²) in [6.45, 7) is 3.97. The molecule has 8 heteroatoms. The standard InChI is InChI=1S/C20H29N3O5/c1-26-17-7-6-16(19(21-17)27-2)20(25)23-9-3-4-15(14-23)5-8-18(24)22-10-12-28-13-11-22/h6-7,15H,3-5,8-14H2,1-2H3. The van der Waals surface area contributed by atoms with Crippen molar-refractivity contribution in [1.82, 2.24) is 14.8 Å². The Morgan fingerprint density at radius 3 is 2.64 bits per heavy atom. The molecular weight excluding hydrogens is 362 g/mol. The number of morpholine rings is 1. The molecule has 2 saturated heterocycles. The van der Waals surface area contributed by atoms with Crippen molar-refractivity contribution in [3.05, 3.63) is 17.7 Å². The number of piperidine rings is 1. The van der Waals surface area contributed by atoms with Crippen molar-refractivity contribution in [2.75, 3.05) is 53.6 Å². The first kappa shape index (κ1) is 20.4. The van der Waals surface area contributed by atoms with Crippen LogP contribution in [0, 0.1) is 5.92 Å². The summed E-state index contributed by atoms with van der Waals surface area (Å²) in [5.74, 6) is 1.12. The molecule has 3 rings (SSSR count). The molecule has 1 aromatic heterocycles. The molecule has 2 amide bonds. The molecule has 3 heterocycles. The Kier molecular flexibility index (Phi) is 7.08. The maximum atomic E-state index is 13.0. The molecule has 0 aliphatic carbocycles. The van der Waals surface area contributed by atoms with Gasteiger partial charge < -0.3 is 24.0 Å². The second-order valence-electron chi connectivity index (χ2n) is 7.20. The second-order valence-corrected chi connectivity index (χ2v) is 7.20. The van der Waals surface area contributed by atoms with E-state index in [1.165, 1.54) is 14.2 Å². The van der Waals surface area contributed by atoms with Crippen molar-refractivity contribution >= 4 is 11.8 Å². The molecule has 1 unspecified atom stereocenters. The fourth-order valence-electron chi connectivity index (χ4n) is 3.81. The Hall–Kier alpha value is -2.35. The van der Waals surface area contributed by atoms with Gasteiger partial charge in [0.15, 0.2) is 0 Å². The minimum absolute atomic E-state index is 0.0868. The molecule has 2 fully saturated rings. The molecule has 0 bridgehead atoms. The lowest BCUT2D eigenvalue weighted by Crippen LogP contribution is -2.42. The average Bonchev–Trinajstić information content (AvgIpc) is 2.77. The third-order valence-corrected chi connectivity index (χ3v) is 5.40. The van der Waals surface area contributed by atoms with Gasteiger partial charge in [0.2, 0.25) is 17.7 Å². The first-order chi connectivity index (χ1) is 13.6. The number of carbonyl (C=O) groups excluding carboxylic acids is 2. The van der Waals surface area contributed by atoms with Gasteiger partial charge in [0.05, 0.1) is 27.4 Å². The van der Waals surface area contributed by atoms with Crippen LogP contribution in [0.25, 0.3) is 0 Å². The molecule has 28 heavy (non-hydrogen) atoms. The zero-order chi connectivity index (χ0) is 19.9. The highest BCUT2D eigenvalue weighted by Crippen LogP contribution is 2.26. The van der Waals surface area contributed by atoms with E-state index in [4.69, 9.17) is 14.2 Å². The minimum atomic E-state index is -0.0868. The van der Waals surface area contributed by atoms with Crippen LogP contribution in [-0.4, -0.2) is 80.2 Å². The van der Waals surface area contributed by atoms with Gasteiger partial charge in [0.1, 0.15) is 5.56 Å². The molecule has 0 N–H and O–H groups in total. The van der Waals surface area contributed by atoms with Gasteiger partial charge in [-0.3, -0.25) is 9.59 Å². The summed E-state index contributed by atoms with van der Waals surface area (Å²) in [5, 5.41) is 0. The van der Waals surface area contributed by atoms with Crippen LogP contribution in [0.4, 0.5) is 0 Å². The van der Waals surface area contributed by atoms with Crippen LogP contribution in [0.5, 0.6) is 11.8 Å². The lowest BCUT2D eigenvalue weighted by Gasteiger charge is -2.33. The highest BCUT2D eigenvalue weighted by Gasteiger charge is 2.28. The van der Waals surface area contributed by atoms with E-state index in [2.05, 4.69) is 4.98 Å². The number of hydrogen-bond acceptors (Lipinski definition) is 6. The van der Waals surface area contributed by atoms with Gasteiger partial charge >= 0.3 is 0 Å². The van der Waals surface area contributed by atoms with Crippen molar-refractivity contribution in [3.63, 3.8) is 0 Å². The van der Waals surface area contributed by atoms with E-state index in [1.54, 1.807) is 12.1 Å². The zero-order valence-electron chi connectivity index (χ0n) is 16.7. The van der Waals surface area contributed by atoms with E-state index in [-0.39, 0.29) is 17.7 Å². The molecule has 0 radical (unpaired) electrons. The SMILES string of the molecule is COc1ccc(C(=O)N2CCCC(CCC(=O)N3CCOCC3)C2)c(OC)n1. The van der Waals surface area contributed by atoms with Crippen LogP contribution in [0.3, 0.4) is 0 Å². The third-order valence-electron chi connectivity index (χ3n) is 5.40. The number of pyridine rings is 1. The summed E-state index contributed by atoms with van der Waals surface area (Å²) in [5.41, 5.74) is 0.438. The van der Waals surface area contributed by atoms with E-state index in [0.29, 0.717) is 63.2 Å². The van der Waals surface area contributed by atoms with Crippen molar-refractivity contribution in [2.24, 2.45) is 5.92 Å². The van der Waals surface area contributed by atoms with Crippen LogP contribution >= 0.6 is 0 Å². The predicted molar refractivity (Wildman–Crippen MR) is 103 cm³/mol. The van der Waals surface area contributed by atoms with Gasteiger partial charge in [0, 0.05) is 38.7 Å². The summed E-state index contributed by atoms with van der Waals surface area (Å²) in [7, 11) is 3.02. The van der Waals surface area contributed by atoms with Crippen molar-refractivity contribution < 1.29 is 23.8 Å². The van der Waals surface area contributed by atoms with Gasteiger partial charge in [-0.25, -0.2) is 0 Å². The number of amides is 2. The Bertz CT molecular complexity index is 690. The Morgan fingerprint density at radius 1 is 1.14 bits per heavy atom. The number of ether oxygens (including phenoxy) is 3. The Morgan fingerprint density at radius 2 is 1.93 bits per heavy atom. The second kappa shape index (κ2) is 9.73. The first-order valence-electron chi connectivity index (χ1n) is 9.86. The highest BCUT2D eigenvalue weighted by atomic mass is 16.5. The molecule has 0 saturated carbocycles. The molecule has 8 nitrogen and oxygen atoms in total. The summed E-state index contributed by atoms with van der Waals surface area (Å²) in [6, 6.07) is 3.36. The molecule has 0 spiro atoms. The minimum Gasteiger partial charge on any atom is -0.481 e. The maximum absolute atomic E-state index is 13.0. The smallest absolute Gasteiger partial charge is 0.259 e. The summed E-state index contributed by atoms with van der Waals surface area (Å²) < 4.78 is 15.7. The quantitative estimate of drug-likeness (QED) is 0.733. The van der Waals surface area contributed by atoms with Crippen LogP contribution in [0.15, 0.2) is 12.1 Å². The fourth-order valence-corrected chi connectivity index (χ4v) is 3.81. The van der Waals surface area contributed by atoms with Gasteiger partial charge in [-0.15, -0.1) is 0 Å². The first-order valence-corrected chi connectivity index (χ1v) is 9.86. The number of methoxy groups -OCH3 is 2. The molecule has 1 aromatic rings. The van der Waals surface area contributed by atoms with E-state index >= 15 is 0 Å². The molecule has 2 aliphatic rings. The normalized spacial score (nSPS) is 20.0. The summed E-state index contributed by atoms with van der Waals surface area (Å²) in [4.78, 5) is 33.3. The maximum Gasteiger partial charge on any atom is 0.259 e. The molecule has 0 aromatic carbocycles. The van der Waals surface area contributed by atoms with Crippen molar-refractivity contribution in [3.8, 4) is 11.8 Å². The number of likely N-dealkylation sites (tertiary alicyclic amines) is 1. The van der Waals surface area contributed by atoms with Crippen molar-refractivity contribution in [1.29, 1.82) is 0 Å². The van der Waals surface area contributed by atoms with Crippen molar-refractivity contribution in [2.45, 2.75) is 25.7 Å². The summed E-state index contributed by atoms with van der Waals surface area (Å²) in [6.07, 6.45) is 3.31. The lowest BCUT2D eigenvalue weighted by atomic mass is 9.92. The largest absolute Gasteiger partial charge is 0.481 e. The van der Waals surface area contributed by atoms with E-state index in [9.17, 15) is 9.59 Å². The van der Waals surface area contributed by atoms with Gasteiger partial charge in [-0.05, 0) is 31.2 Å². The van der Waals surface area contributed by atoms with Crippen LogP contribution in [0.2, 0.25) is 0 Å². The predicted octanol–water partition coefficient (Wildman–Crippen LogP) is 1.59. The van der Waals surface area contributed by atoms with Crippen LogP contribution < -0.4 is 9.47 Å². The highest BCUT2D eigenvalue weighted by molar-refractivity contribution is 5.96. The number of hydrogen-bond donors (Lipinski definition) is 0. The molecule has 2 aliphatic heterocycles. The Labute approximate surface area is 165 Å². The number of nitrogens with zero attached hydrogens (tertiary/aromatic N) is 3. The number of aromatic nitrogens is 1. The number of carbonyl (C=O) groups is 2.